The third-order valence-electron chi connectivity index (χ3n) is 9.94. The molecule has 6 heterocycles. The average Bonchev–Trinajstić information content (AvgIpc) is 3.77. The fourth-order valence-electron chi connectivity index (χ4n) is 7.15. The molecule has 8 rings (SSSR count). The highest BCUT2D eigenvalue weighted by molar-refractivity contribution is 7.23. The van der Waals surface area contributed by atoms with Gasteiger partial charge in [-0.25, -0.2) is 4.98 Å². The number of aryl methyl sites for hydroxylation is 1. The smallest absolute Gasteiger partial charge is 0.265 e. The first-order valence-corrected chi connectivity index (χ1v) is 19.0. The molecular formula is C39H33ClN6O4S2. The van der Waals surface area contributed by atoms with Crippen LogP contribution in [0.4, 0.5) is 22.9 Å². The van der Waals surface area contributed by atoms with Gasteiger partial charge in [-0.2, -0.15) is 5.26 Å². The van der Waals surface area contributed by atoms with Crippen molar-refractivity contribution in [1.82, 2.24) is 4.98 Å². The zero-order valence-corrected chi connectivity index (χ0v) is 30.6. The summed E-state index contributed by atoms with van der Waals surface area (Å²) in [6.45, 7) is 5.63. The highest BCUT2D eigenvalue weighted by Gasteiger charge is 2.45. The van der Waals surface area contributed by atoms with Crippen molar-refractivity contribution in [3.05, 3.63) is 110 Å². The van der Waals surface area contributed by atoms with E-state index in [1.807, 2.05) is 30.5 Å². The minimum Gasteiger partial charge on any atom is -0.381 e. The second-order valence-corrected chi connectivity index (χ2v) is 15.8. The van der Waals surface area contributed by atoms with Crippen molar-refractivity contribution < 1.29 is 19.1 Å². The number of hydrogen-bond acceptors (Lipinski definition) is 9. The SMILES string of the molecule is Cc1cnc(N2CC3(CCOCC3)C2)c(C(=O)Nc2ccc(C(=O)N3CCc4cc(C(=O)Nc5c(Cl)cccc5C#N)sc4-c4sccc43)cc2)c1. The van der Waals surface area contributed by atoms with E-state index < -0.39 is 0 Å². The Balaban J connectivity index is 0.961. The topological polar surface area (TPSA) is 128 Å². The van der Waals surface area contributed by atoms with Gasteiger partial charge >= 0.3 is 0 Å². The maximum Gasteiger partial charge on any atom is 0.265 e. The Labute approximate surface area is 313 Å². The minimum atomic E-state index is -0.348. The zero-order chi connectivity index (χ0) is 36.0. The van der Waals surface area contributed by atoms with Crippen LogP contribution in [0.5, 0.6) is 0 Å². The second-order valence-electron chi connectivity index (χ2n) is 13.4. The molecule has 2 saturated heterocycles. The molecule has 1 spiro atoms. The summed E-state index contributed by atoms with van der Waals surface area (Å²) >= 11 is 9.16. The summed E-state index contributed by atoms with van der Waals surface area (Å²) < 4.78 is 5.56. The molecule has 0 radical (unpaired) electrons. The second kappa shape index (κ2) is 13.8. The van der Waals surface area contributed by atoms with Crippen LogP contribution in [0.3, 0.4) is 0 Å². The molecule has 0 atom stereocenters. The molecule has 2 aromatic carbocycles. The zero-order valence-electron chi connectivity index (χ0n) is 28.2. The Morgan fingerprint density at radius 1 is 1.00 bits per heavy atom. The van der Waals surface area contributed by atoms with Crippen molar-refractivity contribution in [2.24, 2.45) is 5.41 Å². The van der Waals surface area contributed by atoms with Gasteiger partial charge in [0.25, 0.3) is 17.7 Å². The first kappa shape index (κ1) is 34.0. The van der Waals surface area contributed by atoms with Gasteiger partial charge < -0.3 is 25.2 Å². The van der Waals surface area contributed by atoms with Crippen molar-refractivity contribution in [3.8, 4) is 15.8 Å². The molecule has 13 heteroatoms. The van der Waals surface area contributed by atoms with E-state index in [1.54, 1.807) is 53.6 Å². The number of carbonyl (C=O) groups excluding carboxylic acids is 3. The number of halogens is 1. The van der Waals surface area contributed by atoms with Crippen molar-refractivity contribution in [1.29, 1.82) is 5.26 Å². The van der Waals surface area contributed by atoms with E-state index in [1.165, 1.54) is 22.7 Å². The quantitative estimate of drug-likeness (QED) is 0.180. The maximum absolute atomic E-state index is 14.0. The highest BCUT2D eigenvalue weighted by atomic mass is 35.5. The number of nitrogens with zero attached hydrogens (tertiary/aromatic N) is 4. The molecule has 0 aliphatic carbocycles. The molecule has 10 nitrogen and oxygen atoms in total. The van der Waals surface area contributed by atoms with Crippen molar-refractivity contribution >= 4 is 74.9 Å². The number of para-hydroxylation sites is 1. The summed E-state index contributed by atoms with van der Waals surface area (Å²) in [4.78, 5) is 51.8. The highest BCUT2D eigenvalue weighted by Crippen LogP contribution is 2.46. The van der Waals surface area contributed by atoms with E-state index in [0.717, 1.165) is 65.7 Å². The third-order valence-corrected chi connectivity index (χ3v) is 12.5. The number of nitriles is 1. The number of hydrogen-bond donors (Lipinski definition) is 2. The number of fused-ring (bicyclic) bond motifs is 3. The number of amides is 3. The largest absolute Gasteiger partial charge is 0.381 e. The van der Waals surface area contributed by atoms with Gasteiger partial charge in [-0.05, 0) is 97.3 Å². The minimum absolute atomic E-state index is 0.154. The van der Waals surface area contributed by atoms with E-state index >= 15 is 0 Å². The van der Waals surface area contributed by atoms with Crippen LogP contribution < -0.4 is 20.4 Å². The lowest BCUT2D eigenvalue weighted by Crippen LogP contribution is -2.59. The van der Waals surface area contributed by atoms with E-state index in [0.29, 0.717) is 45.5 Å². The molecule has 0 bridgehead atoms. The third kappa shape index (κ3) is 6.34. The number of aromatic nitrogens is 1. The molecule has 2 fully saturated rings. The summed E-state index contributed by atoms with van der Waals surface area (Å²) in [5, 5.41) is 17.5. The number of carbonyl (C=O) groups is 3. The molecule has 3 amide bonds. The molecule has 3 aliphatic rings. The van der Waals surface area contributed by atoms with Gasteiger partial charge in [0.1, 0.15) is 11.9 Å². The van der Waals surface area contributed by atoms with Crippen LogP contribution >= 0.6 is 34.3 Å². The van der Waals surface area contributed by atoms with Gasteiger partial charge in [0.05, 0.1) is 42.2 Å². The predicted octanol–water partition coefficient (Wildman–Crippen LogP) is 8.03. The number of pyridine rings is 1. The summed E-state index contributed by atoms with van der Waals surface area (Å²) in [5.74, 6) is -0.0574. The van der Waals surface area contributed by atoms with E-state index in [9.17, 15) is 19.6 Å². The first-order valence-electron chi connectivity index (χ1n) is 17.0. The molecule has 52 heavy (non-hydrogen) atoms. The summed E-state index contributed by atoms with van der Waals surface area (Å²) in [5.41, 5.74) is 5.07. The molecule has 0 unspecified atom stereocenters. The van der Waals surface area contributed by atoms with Gasteiger partial charge in [-0.15, -0.1) is 22.7 Å². The van der Waals surface area contributed by atoms with Crippen LogP contribution in [0.25, 0.3) is 9.75 Å². The monoisotopic (exact) mass is 748 g/mol. The molecule has 3 aliphatic heterocycles. The number of nitrogens with one attached hydrogen (secondary N) is 2. The fourth-order valence-corrected chi connectivity index (χ4v) is 9.57. The molecule has 0 saturated carbocycles. The normalized spacial score (nSPS) is 15.9. The number of ether oxygens (including phenoxy) is 1. The van der Waals surface area contributed by atoms with Gasteiger partial charge in [0.15, 0.2) is 0 Å². The fraction of sp³-hybridized carbons (Fsp3) is 0.256. The number of rotatable bonds is 6. The van der Waals surface area contributed by atoms with Crippen LogP contribution in [0.2, 0.25) is 5.02 Å². The van der Waals surface area contributed by atoms with Crippen molar-refractivity contribution in [2.75, 3.05) is 53.3 Å². The van der Waals surface area contributed by atoms with Crippen molar-refractivity contribution in [2.45, 2.75) is 26.2 Å². The van der Waals surface area contributed by atoms with Crippen LogP contribution in [-0.4, -0.2) is 55.6 Å². The van der Waals surface area contributed by atoms with Gasteiger partial charge in [0, 0.05) is 55.7 Å². The molecule has 3 aromatic heterocycles. The molecule has 2 N–H and O–H groups in total. The Kier molecular flexibility index (Phi) is 9.05. The average molecular weight is 749 g/mol. The van der Waals surface area contributed by atoms with Crippen molar-refractivity contribution in [3.63, 3.8) is 0 Å². The van der Waals surface area contributed by atoms with Crippen LogP contribution in [0, 0.1) is 23.7 Å². The Hall–Kier alpha value is -5.06. The standard InChI is InChI=1S/C39H33ClN6O4S2/c1-23-17-28(35(42-20-23)45-21-39(22-45)11-14-50-15-12-39)36(47)43-27-7-5-24(6-8-27)38(49)46-13-9-25-18-31(52-33(25)34-30(46)10-16-51-34)37(48)44-32-26(19-41)3-2-4-29(32)40/h2-8,10,16-18,20H,9,11-15,21-22H2,1H3,(H,43,47)(H,44,48). The summed E-state index contributed by atoms with van der Waals surface area (Å²) in [6.07, 6.45) is 4.40. The van der Waals surface area contributed by atoms with E-state index in [2.05, 4.69) is 26.6 Å². The van der Waals surface area contributed by atoms with Crippen LogP contribution in [0.1, 0.15) is 59.9 Å². The van der Waals surface area contributed by atoms with E-state index in [-0.39, 0.29) is 34.4 Å². The van der Waals surface area contributed by atoms with Crippen LogP contribution in [0.15, 0.2) is 72.2 Å². The maximum atomic E-state index is 14.0. The molecular weight excluding hydrogens is 716 g/mol. The van der Waals surface area contributed by atoms with E-state index in [4.69, 9.17) is 16.3 Å². The Morgan fingerprint density at radius 3 is 2.56 bits per heavy atom. The van der Waals surface area contributed by atoms with Gasteiger partial charge in [0.2, 0.25) is 0 Å². The van der Waals surface area contributed by atoms with Crippen LogP contribution in [-0.2, 0) is 11.2 Å². The number of thiophene rings is 2. The number of anilines is 4. The molecule has 5 aromatic rings. The predicted molar refractivity (Wildman–Crippen MR) is 205 cm³/mol. The Bertz CT molecular complexity index is 2260. The van der Waals surface area contributed by atoms with Gasteiger partial charge in [-0.1, -0.05) is 17.7 Å². The van der Waals surface area contributed by atoms with Gasteiger partial charge in [-0.3, -0.25) is 14.4 Å². The first-order chi connectivity index (χ1) is 25.2. The lowest BCUT2D eigenvalue weighted by molar-refractivity contribution is -0.000511. The summed E-state index contributed by atoms with van der Waals surface area (Å²) in [7, 11) is 0. The molecule has 262 valence electrons. The lowest BCUT2D eigenvalue weighted by atomic mass is 9.73. The number of benzene rings is 2. The summed E-state index contributed by atoms with van der Waals surface area (Å²) in [6, 6.07) is 19.6. The lowest BCUT2D eigenvalue weighted by Gasteiger charge is -2.53. The Morgan fingerprint density at radius 2 is 1.79 bits per heavy atom.